The fourth-order valence-electron chi connectivity index (χ4n) is 2.46. The number of isothiocyanates is 1. The van der Waals surface area contributed by atoms with Gasteiger partial charge < -0.3 is 16.0 Å². The summed E-state index contributed by atoms with van der Waals surface area (Å²) in [6.45, 7) is 9.24. The summed E-state index contributed by atoms with van der Waals surface area (Å²) >= 11 is 4.63. The summed E-state index contributed by atoms with van der Waals surface area (Å²) < 4.78 is 0. The summed E-state index contributed by atoms with van der Waals surface area (Å²) in [6, 6.07) is 8.22. The number of nitrogens with zero attached hydrogens (tertiary/aromatic N) is 2. The first-order valence-electron chi connectivity index (χ1n) is 7.90. The highest BCUT2D eigenvalue weighted by Crippen LogP contribution is 2.13. The van der Waals surface area contributed by atoms with E-state index < -0.39 is 0 Å². The van der Waals surface area contributed by atoms with Crippen LogP contribution in [0.3, 0.4) is 0 Å². The first kappa shape index (κ1) is 17.2. The van der Waals surface area contributed by atoms with E-state index in [-0.39, 0.29) is 0 Å². The van der Waals surface area contributed by atoms with Crippen molar-refractivity contribution in [2.45, 2.75) is 6.54 Å². The molecule has 1 aromatic carbocycles. The molecule has 1 aromatic rings. The standard InChI is InChI=1S/C16H25N5S/c22-14-20-16-3-1-15(2-4-16)13-21-11-9-18-7-5-17-6-8-19-10-12-21/h1-4,17-19H,5-13H2. The second-order valence-electron chi connectivity index (χ2n) is 5.40. The summed E-state index contributed by atoms with van der Waals surface area (Å²) in [4.78, 5) is 6.47. The molecule has 0 radical (unpaired) electrons. The number of benzene rings is 1. The molecule has 0 spiro atoms. The predicted octanol–water partition coefficient (Wildman–Crippen LogP) is 1.01. The van der Waals surface area contributed by atoms with E-state index in [0.29, 0.717) is 0 Å². The molecule has 6 heteroatoms. The SMILES string of the molecule is S=C=Nc1ccc(CN2CCNCCNCCNCC2)cc1. The Labute approximate surface area is 138 Å². The summed E-state index contributed by atoms with van der Waals surface area (Å²) in [7, 11) is 0. The average molecular weight is 319 g/mol. The van der Waals surface area contributed by atoms with E-state index in [4.69, 9.17) is 0 Å². The van der Waals surface area contributed by atoms with Crippen molar-refractivity contribution in [2.24, 2.45) is 4.99 Å². The molecule has 5 nitrogen and oxygen atoms in total. The molecule has 1 fully saturated rings. The van der Waals surface area contributed by atoms with Gasteiger partial charge in [0, 0.05) is 58.9 Å². The van der Waals surface area contributed by atoms with E-state index in [1.807, 2.05) is 12.1 Å². The lowest BCUT2D eigenvalue weighted by atomic mass is 10.2. The molecule has 22 heavy (non-hydrogen) atoms. The van der Waals surface area contributed by atoms with Crippen LogP contribution in [0.25, 0.3) is 0 Å². The summed E-state index contributed by atoms with van der Waals surface area (Å²) in [5.41, 5.74) is 2.17. The van der Waals surface area contributed by atoms with Gasteiger partial charge in [-0.2, -0.15) is 4.99 Å². The first-order chi connectivity index (χ1) is 10.9. The third-order valence-electron chi connectivity index (χ3n) is 3.68. The minimum Gasteiger partial charge on any atom is -0.314 e. The van der Waals surface area contributed by atoms with Crippen LogP contribution in [0.2, 0.25) is 0 Å². The van der Waals surface area contributed by atoms with Crippen molar-refractivity contribution in [2.75, 3.05) is 52.4 Å². The molecule has 1 aliphatic heterocycles. The lowest BCUT2D eigenvalue weighted by molar-refractivity contribution is 0.263. The molecule has 1 aliphatic rings. The smallest absolute Gasteiger partial charge is 0.0739 e. The topological polar surface area (TPSA) is 51.7 Å². The van der Waals surface area contributed by atoms with Crippen molar-refractivity contribution in [3.8, 4) is 0 Å². The molecule has 1 heterocycles. The Morgan fingerprint density at radius 3 is 2.00 bits per heavy atom. The second kappa shape index (κ2) is 10.6. The van der Waals surface area contributed by atoms with Crippen molar-refractivity contribution in [1.82, 2.24) is 20.9 Å². The van der Waals surface area contributed by atoms with Crippen LogP contribution in [0.15, 0.2) is 29.3 Å². The van der Waals surface area contributed by atoms with Crippen LogP contribution in [0.5, 0.6) is 0 Å². The highest BCUT2D eigenvalue weighted by molar-refractivity contribution is 7.78. The fourth-order valence-corrected chi connectivity index (χ4v) is 2.57. The number of rotatable bonds is 3. The number of nitrogens with one attached hydrogen (secondary N) is 3. The molecule has 0 amide bonds. The normalized spacial score (nSPS) is 18.7. The van der Waals surface area contributed by atoms with Crippen molar-refractivity contribution >= 4 is 23.1 Å². The number of aliphatic imine (C=N–C) groups is 1. The van der Waals surface area contributed by atoms with Gasteiger partial charge in [0.05, 0.1) is 10.8 Å². The van der Waals surface area contributed by atoms with Crippen LogP contribution in [-0.2, 0) is 6.54 Å². The quantitative estimate of drug-likeness (QED) is 0.573. The van der Waals surface area contributed by atoms with Crippen LogP contribution in [0.4, 0.5) is 5.69 Å². The average Bonchev–Trinajstić information content (AvgIpc) is 2.52. The van der Waals surface area contributed by atoms with Gasteiger partial charge in [0.15, 0.2) is 0 Å². The highest BCUT2D eigenvalue weighted by Gasteiger charge is 2.06. The molecule has 0 aliphatic carbocycles. The van der Waals surface area contributed by atoms with Crippen molar-refractivity contribution in [3.63, 3.8) is 0 Å². The Hall–Kier alpha value is -1.14. The summed E-state index contributed by atoms with van der Waals surface area (Å²) in [5.74, 6) is 0. The predicted molar refractivity (Wildman–Crippen MR) is 95.0 cm³/mol. The number of thiocarbonyl (C=S) groups is 1. The summed E-state index contributed by atoms with van der Waals surface area (Å²) in [6.07, 6.45) is 0. The van der Waals surface area contributed by atoms with E-state index in [9.17, 15) is 0 Å². The lowest BCUT2D eigenvalue weighted by Crippen LogP contribution is -2.41. The lowest BCUT2D eigenvalue weighted by Gasteiger charge is -2.23. The van der Waals surface area contributed by atoms with Crippen molar-refractivity contribution < 1.29 is 0 Å². The van der Waals surface area contributed by atoms with Gasteiger partial charge in [0.1, 0.15) is 0 Å². The minimum atomic E-state index is 0.864. The molecular weight excluding hydrogens is 294 g/mol. The maximum absolute atomic E-state index is 4.63. The van der Waals surface area contributed by atoms with Gasteiger partial charge in [-0.1, -0.05) is 12.1 Å². The monoisotopic (exact) mass is 319 g/mol. The zero-order chi connectivity index (χ0) is 15.5. The van der Waals surface area contributed by atoms with Crippen molar-refractivity contribution in [1.29, 1.82) is 0 Å². The third kappa shape index (κ3) is 6.75. The molecule has 120 valence electrons. The molecule has 0 bridgehead atoms. The highest BCUT2D eigenvalue weighted by atomic mass is 32.1. The van der Waals surface area contributed by atoms with Gasteiger partial charge >= 0.3 is 0 Å². The molecule has 1 saturated heterocycles. The maximum Gasteiger partial charge on any atom is 0.0739 e. The van der Waals surface area contributed by atoms with Gasteiger partial charge in [-0.05, 0) is 29.9 Å². The van der Waals surface area contributed by atoms with Crippen LogP contribution < -0.4 is 16.0 Å². The molecular formula is C16H25N5S. The van der Waals surface area contributed by atoms with Crippen LogP contribution in [0, 0.1) is 0 Å². The van der Waals surface area contributed by atoms with E-state index in [1.54, 1.807) is 0 Å². The maximum atomic E-state index is 4.63. The van der Waals surface area contributed by atoms with Crippen LogP contribution >= 0.6 is 12.2 Å². The van der Waals surface area contributed by atoms with Crippen LogP contribution in [0.1, 0.15) is 5.56 Å². The fraction of sp³-hybridized carbons (Fsp3) is 0.562. The Bertz CT molecular complexity index is 458. The zero-order valence-electron chi connectivity index (χ0n) is 13.0. The van der Waals surface area contributed by atoms with E-state index in [2.05, 4.69) is 55.4 Å². The van der Waals surface area contributed by atoms with E-state index in [1.165, 1.54) is 5.56 Å². The number of hydrogen-bond donors (Lipinski definition) is 3. The van der Waals surface area contributed by atoms with Crippen molar-refractivity contribution in [3.05, 3.63) is 29.8 Å². The van der Waals surface area contributed by atoms with Gasteiger partial charge in [0.25, 0.3) is 0 Å². The first-order valence-corrected chi connectivity index (χ1v) is 8.30. The molecule has 3 N–H and O–H groups in total. The van der Waals surface area contributed by atoms with Gasteiger partial charge in [0.2, 0.25) is 0 Å². The Morgan fingerprint density at radius 1 is 0.909 bits per heavy atom. The van der Waals surface area contributed by atoms with E-state index in [0.717, 1.165) is 64.6 Å². The Morgan fingerprint density at radius 2 is 1.45 bits per heavy atom. The molecule has 0 atom stereocenters. The van der Waals surface area contributed by atoms with Gasteiger partial charge in [-0.3, -0.25) is 4.90 Å². The molecule has 0 saturated carbocycles. The molecule has 2 rings (SSSR count). The van der Waals surface area contributed by atoms with Crippen LogP contribution in [-0.4, -0.2) is 62.4 Å². The molecule has 0 unspecified atom stereocenters. The Balaban J connectivity index is 1.87. The molecule has 0 aromatic heterocycles. The zero-order valence-corrected chi connectivity index (χ0v) is 13.8. The third-order valence-corrected chi connectivity index (χ3v) is 3.78. The Kier molecular flexibility index (Phi) is 8.27. The van der Waals surface area contributed by atoms with E-state index >= 15 is 0 Å². The minimum absolute atomic E-state index is 0.864. The van der Waals surface area contributed by atoms with Gasteiger partial charge in [-0.15, -0.1) is 0 Å². The number of hydrogen-bond acceptors (Lipinski definition) is 6. The summed E-state index contributed by atoms with van der Waals surface area (Å²) in [5, 5.41) is 12.8. The van der Waals surface area contributed by atoms with Gasteiger partial charge in [-0.25, -0.2) is 0 Å². The second-order valence-corrected chi connectivity index (χ2v) is 5.58. The largest absolute Gasteiger partial charge is 0.314 e.